The highest BCUT2D eigenvalue weighted by molar-refractivity contribution is 7.12. The molecule has 1 aromatic heterocycles. The fourth-order valence-electron chi connectivity index (χ4n) is 1.87. The van der Waals surface area contributed by atoms with E-state index in [1.54, 1.807) is 11.4 Å². The molecule has 1 amide bonds. The van der Waals surface area contributed by atoms with Crippen LogP contribution in [-0.2, 0) is 0 Å². The Bertz CT molecular complexity index is 392. The van der Waals surface area contributed by atoms with E-state index in [0.717, 1.165) is 6.42 Å². The molecule has 17 heavy (non-hydrogen) atoms. The zero-order valence-electron chi connectivity index (χ0n) is 10.4. The highest BCUT2D eigenvalue weighted by atomic mass is 35.5. The lowest BCUT2D eigenvalue weighted by Crippen LogP contribution is -2.52. The molecule has 1 rings (SSSR count). The van der Waals surface area contributed by atoms with E-state index in [1.165, 1.54) is 11.3 Å². The lowest BCUT2D eigenvalue weighted by molar-refractivity contribution is 0.0902. The van der Waals surface area contributed by atoms with Crippen molar-refractivity contribution in [2.24, 2.45) is 11.7 Å². The van der Waals surface area contributed by atoms with Crippen molar-refractivity contribution in [1.82, 2.24) is 5.32 Å². The first-order valence-electron chi connectivity index (χ1n) is 5.63. The average Bonchev–Trinajstić information content (AvgIpc) is 2.63. The van der Waals surface area contributed by atoms with Gasteiger partial charge in [-0.1, -0.05) is 25.4 Å². The van der Waals surface area contributed by atoms with E-state index in [-0.39, 0.29) is 11.4 Å². The molecule has 0 fully saturated rings. The molecule has 0 spiro atoms. The van der Waals surface area contributed by atoms with Crippen LogP contribution in [0, 0.1) is 5.92 Å². The second-order valence-corrected chi connectivity index (χ2v) is 6.24. The Hall–Kier alpha value is -0.580. The maximum atomic E-state index is 12.0. The summed E-state index contributed by atoms with van der Waals surface area (Å²) in [6, 6.07) is 1.73. The minimum atomic E-state index is -0.376. The van der Waals surface area contributed by atoms with Gasteiger partial charge in [0, 0.05) is 6.54 Å². The van der Waals surface area contributed by atoms with Gasteiger partial charge in [0.15, 0.2) is 0 Å². The first-order valence-corrected chi connectivity index (χ1v) is 6.89. The predicted molar refractivity (Wildman–Crippen MR) is 73.7 cm³/mol. The summed E-state index contributed by atoms with van der Waals surface area (Å²) in [6.07, 6.45) is 0.845. The number of amides is 1. The Morgan fingerprint density at radius 3 is 2.71 bits per heavy atom. The number of hydrogen-bond donors (Lipinski definition) is 2. The smallest absolute Gasteiger partial charge is 0.263 e. The third-order valence-corrected chi connectivity index (χ3v) is 3.89. The molecule has 0 aliphatic heterocycles. The third-order valence-electron chi connectivity index (χ3n) is 2.55. The van der Waals surface area contributed by atoms with Gasteiger partial charge in [-0.2, -0.15) is 0 Å². The first kappa shape index (κ1) is 14.5. The van der Waals surface area contributed by atoms with Crippen LogP contribution < -0.4 is 11.1 Å². The molecule has 0 aliphatic carbocycles. The van der Waals surface area contributed by atoms with Gasteiger partial charge in [0.2, 0.25) is 0 Å². The fourth-order valence-corrected chi connectivity index (χ4v) is 2.91. The van der Waals surface area contributed by atoms with Gasteiger partial charge in [-0.15, -0.1) is 11.3 Å². The Labute approximate surface area is 111 Å². The number of carbonyl (C=O) groups is 1. The van der Waals surface area contributed by atoms with Crippen LogP contribution >= 0.6 is 22.9 Å². The average molecular weight is 275 g/mol. The quantitative estimate of drug-likeness (QED) is 0.867. The van der Waals surface area contributed by atoms with Crippen molar-refractivity contribution in [1.29, 1.82) is 0 Å². The van der Waals surface area contributed by atoms with Gasteiger partial charge in [-0.25, -0.2) is 0 Å². The molecule has 0 bridgehead atoms. The van der Waals surface area contributed by atoms with Crippen molar-refractivity contribution < 1.29 is 4.79 Å². The van der Waals surface area contributed by atoms with E-state index in [2.05, 4.69) is 19.2 Å². The summed E-state index contributed by atoms with van der Waals surface area (Å²) in [5.74, 6) is 0.334. The minimum absolute atomic E-state index is 0.140. The Balaban J connectivity index is 2.75. The first-order chi connectivity index (χ1) is 7.88. The lowest BCUT2D eigenvalue weighted by Gasteiger charge is -2.31. The maximum Gasteiger partial charge on any atom is 0.263 e. The van der Waals surface area contributed by atoms with E-state index in [9.17, 15) is 4.79 Å². The van der Waals surface area contributed by atoms with Gasteiger partial charge in [0.05, 0.1) is 10.6 Å². The second-order valence-electron chi connectivity index (χ2n) is 4.91. The van der Waals surface area contributed by atoms with E-state index in [4.69, 9.17) is 17.3 Å². The molecule has 0 saturated carbocycles. The normalized spacial score (nSPS) is 14.7. The highest BCUT2D eigenvalue weighted by Crippen LogP contribution is 2.23. The molecule has 5 heteroatoms. The van der Waals surface area contributed by atoms with Gasteiger partial charge in [-0.05, 0) is 30.7 Å². The Morgan fingerprint density at radius 2 is 2.29 bits per heavy atom. The van der Waals surface area contributed by atoms with Crippen molar-refractivity contribution in [2.45, 2.75) is 32.7 Å². The summed E-state index contributed by atoms with van der Waals surface area (Å²) in [6.45, 7) is 6.60. The summed E-state index contributed by atoms with van der Waals surface area (Å²) in [7, 11) is 0. The topological polar surface area (TPSA) is 55.1 Å². The van der Waals surface area contributed by atoms with Gasteiger partial charge in [-0.3, -0.25) is 4.79 Å². The molecule has 1 atom stereocenters. The molecule has 0 aliphatic rings. The van der Waals surface area contributed by atoms with Crippen LogP contribution in [0.5, 0.6) is 0 Å². The number of rotatable bonds is 5. The number of nitrogens with two attached hydrogens (primary N) is 1. The monoisotopic (exact) mass is 274 g/mol. The van der Waals surface area contributed by atoms with Gasteiger partial charge >= 0.3 is 0 Å². The molecule has 96 valence electrons. The van der Waals surface area contributed by atoms with Gasteiger partial charge in [0.1, 0.15) is 4.88 Å². The second kappa shape index (κ2) is 5.85. The van der Waals surface area contributed by atoms with Crippen LogP contribution in [0.2, 0.25) is 5.02 Å². The summed E-state index contributed by atoms with van der Waals surface area (Å²) in [5.41, 5.74) is 5.37. The molecule has 0 radical (unpaired) electrons. The SMILES string of the molecule is CC(C)CC(C)(CN)NC(=O)c1sccc1Cl. The molecular formula is C12H19ClN2OS. The van der Waals surface area contributed by atoms with Crippen molar-refractivity contribution in [3.8, 4) is 0 Å². The number of carbonyl (C=O) groups excluding carboxylic acids is 1. The van der Waals surface area contributed by atoms with Crippen LogP contribution in [0.25, 0.3) is 0 Å². The number of nitrogens with one attached hydrogen (secondary N) is 1. The van der Waals surface area contributed by atoms with Crippen LogP contribution in [0.1, 0.15) is 36.9 Å². The third kappa shape index (κ3) is 3.98. The van der Waals surface area contributed by atoms with Crippen molar-refractivity contribution in [2.75, 3.05) is 6.54 Å². The molecule has 3 nitrogen and oxygen atoms in total. The zero-order chi connectivity index (χ0) is 13.1. The molecule has 3 N–H and O–H groups in total. The zero-order valence-corrected chi connectivity index (χ0v) is 12.0. The molecule has 1 aromatic rings. The van der Waals surface area contributed by atoms with Gasteiger partial charge < -0.3 is 11.1 Å². The lowest BCUT2D eigenvalue weighted by atomic mass is 9.90. The standard InChI is InChI=1S/C12H19ClN2OS/c1-8(2)6-12(3,7-14)15-11(16)10-9(13)4-5-17-10/h4-5,8H,6-7,14H2,1-3H3,(H,15,16). The Morgan fingerprint density at radius 1 is 1.65 bits per heavy atom. The molecule has 1 unspecified atom stereocenters. The van der Waals surface area contributed by atoms with Crippen LogP contribution in [-0.4, -0.2) is 18.0 Å². The molecule has 1 heterocycles. The van der Waals surface area contributed by atoms with Crippen molar-refractivity contribution >= 4 is 28.8 Å². The van der Waals surface area contributed by atoms with E-state index >= 15 is 0 Å². The summed E-state index contributed by atoms with van der Waals surface area (Å²) >= 11 is 7.27. The van der Waals surface area contributed by atoms with Crippen LogP contribution in [0.4, 0.5) is 0 Å². The van der Waals surface area contributed by atoms with Crippen molar-refractivity contribution in [3.05, 3.63) is 21.3 Å². The largest absolute Gasteiger partial charge is 0.345 e. The minimum Gasteiger partial charge on any atom is -0.345 e. The molecular weight excluding hydrogens is 256 g/mol. The van der Waals surface area contributed by atoms with E-state index < -0.39 is 0 Å². The Kier molecular flexibility index (Phi) is 4.98. The maximum absolute atomic E-state index is 12.0. The number of halogens is 1. The molecule has 0 aromatic carbocycles. The van der Waals surface area contributed by atoms with Crippen molar-refractivity contribution in [3.63, 3.8) is 0 Å². The summed E-state index contributed by atoms with van der Waals surface area (Å²) in [5, 5.41) is 5.28. The number of thiophene rings is 1. The summed E-state index contributed by atoms with van der Waals surface area (Å²) in [4.78, 5) is 12.6. The highest BCUT2D eigenvalue weighted by Gasteiger charge is 2.27. The van der Waals surface area contributed by atoms with E-state index in [1.807, 2.05) is 6.92 Å². The van der Waals surface area contributed by atoms with E-state index in [0.29, 0.717) is 22.4 Å². The summed E-state index contributed by atoms with van der Waals surface area (Å²) < 4.78 is 0. The fraction of sp³-hybridized carbons (Fsp3) is 0.583. The number of hydrogen-bond acceptors (Lipinski definition) is 3. The van der Waals surface area contributed by atoms with Crippen LogP contribution in [0.15, 0.2) is 11.4 Å². The van der Waals surface area contributed by atoms with Crippen LogP contribution in [0.3, 0.4) is 0 Å². The molecule has 0 saturated heterocycles. The predicted octanol–water partition coefficient (Wildman–Crippen LogP) is 2.89. The van der Waals surface area contributed by atoms with Gasteiger partial charge in [0.25, 0.3) is 5.91 Å².